The molecule has 0 spiro atoms. The molecule has 1 saturated carbocycles. The zero-order valence-corrected chi connectivity index (χ0v) is 18.2. The van der Waals surface area contributed by atoms with Crippen LogP contribution in [0.15, 0.2) is 17.1 Å². The molecule has 1 aliphatic carbocycles. The zero-order chi connectivity index (χ0) is 17.9. The van der Waals surface area contributed by atoms with Gasteiger partial charge in [0.05, 0.1) is 6.61 Å². The molecule has 3 aliphatic rings. The maximum absolute atomic E-state index is 13.9. The van der Waals surface area contributed by atoms with Crippen LogP contribution in [-0.4, -0.2) is 44.3 Å². The highest BCUT2D eigenvalue weighted by molar-refractivity contribution is 14.0. The van der Waals surface area contributed by atoms with Crippen molar-refractivity contribution in [1.82, 2.24) is 10.2 Å². The molecule has 1 aromatic rings. The molecular formula is C20H29FIN3O2. The summed E-state index contributed by atoms with van der Waals surface area (Å²) < 4.78 is 24.7. The van der Waals surface area contributed by atoms with Gasteiger partial charge in [-0.1, -0.05) is 12.8 Å². The number of benzene rings is 1. The first-order valence-corrected chi connectivity index (χ1v) is 9.72. The lowest BCUT2D eigenvalue weighted by molar-refractivity contribution is -0.0172. The number of fused-ring (bicyclic) bond motifs is 2. The highest BCUT2D eigenvalue weighted by Crippen LogP contribution is 2.36. The van der Waals surface area contributed by atoms with Crippen LogP contribution < -0.4 is 10.1 Å². The predicted octanol–water partition coefficient (Wildman–Crippen LogP) is 3.55. The number of likely N-dealkylation sites (tertiary alicyclic amines) is 1. The van der Waals surface area contributed by atoms with Gasteiger partial charge in [0.25, 0.3) is 0 Å². The molecule has 0 radical (unpaired) electrons. The van der Waals surface area contributed by atoms with Crippen molar-refractivity contribution < 1.29 is 13.9 Å². The van der Waals surface area contributed by atoms with Gasteiger partial charge in [0.2, 0.25) is 0 Å². The third kappa shape index (κ3) is 4.67. The third-order valence-electron chi connectivity index (χ3n) is 5.92. The highest BCUT2D eigenvalue weighted by Gasteiger charge is 2.35. The van der Waals surface area contributed by atoms with E-state index in [1.54, 1.807) is 6.07 Å². The van der Waals surface area contributed by atoms with Crippen molar-refractivity contribution in [3.63, 3.8) is 0 Å². The second-order valence-electron chi connectivity index (χ2n) is 7.60. The molecule has 5 nitrogen and oxygen atoms in total. The van der Waals surface area contributed by atoms with E-state index in [0.29, 0.717) is 19.6 Å². The van der Waals surface area contributed by atoms with Gasteiger partial charge in [-0.2, -0.15) is 0 Å². The minimum atomic E-state index is -0.235. The van der Waals surface area contributed by atoms with Crippen molar-refractivity contribution in [2.45, 2.75) is 38.7 Å². The van der Waals surface area contributed by atoms with Gasteiger partial charge >= 0.3 is 0 Å². The summed E-state index contributed by atoms with van der Waals surface area (Å²) in [6, 6.07) is 3.06. The maximum Gasteiger partial charge on any atom is 0.193 e. The minimum absolute atomic E-state index is 0. The molecule has 0 amide bonds. The summed E-state index contributed by atoms with van der Waals surface area (Å²) in [5.41, 5.74) is 1.68. The summed E-state index contributed by atoms with van der Waals surface area (Å²) in [7, 11) is 1.84. The molecule has 2 atom stereocenters. The molecule has 2 heterocycles. The van der Waals surface area contributed by atoms with Crippen molar-refractivity contribution in [1.29, 1.82) is 0 Å². The Kier molecular flexibility index (Phi) is 7.19. The van der Waals surface area contributed by atoms with E-state index in [9.17, 15) is 4.39 Å². The fourth-order valence-corrected chi connectivity index (χ4v) is 4.66. The van der Waals surface area contributed by atoms with Crippen molar-refractivity contribution in [3.8, 4) is 5.75 Å². The molecule has 1 saturated heterocycles. The Hall–Kier alpha value is -1.09. The molecule has 7 heteroatoms. The average molecular weight is 489 g/mol. The molecular weight excluding hydrogens is 460 g/mol. The molecule has 2 fully saturated rings. The van der Waals surface area contributed by atoms with Crippen LogP contribution in [0.5, 0.6) is 5.75 Å². The van der Waals surface area contributed by atoms with E-state index < -0.39 is 0 Å². The predicted molar refractivity (Wildman–Crippen MR) is 114 cm³/mol. The largest absolute Gasteiger partial charge is 0.467 e. The maximum atomic E-state index is 13.9. The van der Waals surface area contributed by atoms with Crippen molar-refractivity contribution in [3.05, 3.63) is 29.1 Å². The Bertz CT molecular complexity index is 671. The number of nitrogens with zero attached hydrogens (tertiary/aromatic N) is 2. The van der Waals surface area contributed by atoms with Gasteiger partial charge in [0.1, 0.15) is 11.6 Å². The molecule has 27 heavy (non-hydrogen) atoms. The van der Waals surface area contributed by atoms with Gasteiger partial charge in [0, 0.05) is 32.2 Å². The quantitative estimate of drug-likeness (QED) is 0.401. The van der Waals surface area contributed by atoms with E-state index >= 15 is 0 Å². The summed E-state index contributed by atoms with van der Waals surface area (Å²) in [5.74, 6) is 3.16. The number of hydrogen-bond donors (Lipinski definition) is 1. The number of guanidine groups is 1. The molecule has 1 aromatic carbocycles. The van der Waals surface area contributed by atoms with E-state index in [-0.39, 0.29) is 36.6 Å². The van der Waals surface area contributed by atoms with E-state index in [1.807, 2.05) is 7.05 Å². The van der Waals surface area contributed by atoms with Crippen LogP contribution in [0, 0.1) is 17.7 Å². The second kappa shape index (κ2) is 9.41. The molecule has 0 aromatic heterocycles. The fourth-order valence-electron chi connectivity index (χ4n) is 4.66. The van der Waals surface area contributed by atoms with E-state index in [0.717, 1.165) is 47.8 Å². The fraction of sp³-hybridized carbons (Fsp3) is 0.650. The molecule has 150 valence electrons. The first-order chi connectivity index (χ1) is 12.7. The SMILES string of the molecule is CN=C(NCCc1cc(F)cc2c1OCOC2)N1CC2CCCCC2C1.I. The Morgan fingerprint density at radius 2 is 2.00 bits per heavy atom. The molecule has 1 N–H and O–H groups in total. The van der Waals surface area contributed by atoms with Gasteiger partial charge in [-0.3, -0.25) is 4.99 Å². The van der Waals surface area contributed by atoms with Crippen LogP contribution in [-0.2, 0) is 17.8 Å². The standard InChI is InChI=1S/C20H28FN3O2.HI/c1-22-20(24-10-15-4-2-3-5-16(15)11-24)23-7-6-14-8-18(21)9-17-12-25-13-26-19(14)17;/h8-9,15-16H,2-7,10-13H2,1H3,(H,22,23);1H. The lowest BCUT2D eigenvalue weighted by atomic mass is 9.82. The number of aliphatic imine (C=N–C) groups is 1. The number of ether oxygens (including phenoxy) is 2. The molecule has 0 bridgehead atoms. The van der Waals surface area contributed by atoms with Gasteiger partial charge in [0.15, 0.2) is 12.8 Å². The third-order valence-corrected chi connectivity index (χ3v) is 5.92. The van der Waals surface area contributed by atoms with Crippen LogP contribution in [0.4, 0.5) is 4.39 Å². The zero-order valence-electron chi connectivity index (χ0n) is 15.9. The summed E-state index contributed by atoms with van der Waals surface area (Å²) in [4.78, 5) is 6.87. The van der Waals surface area contributed by atoms with Gasteiger partial charge in [-0.15, -0.1) is 24.0 Å². The van der Waals surface area contributed by atoms with Gasteiger partial charge < -0.3 is 19.7 Å². The Balaban J connectivity index is 0.00000210. The number of hydrogen-bond acceptors (Lipinski definition) is 3. The Morgan fingerprint density at radius 1 is 1.26 bits per heavy atom. The molecule has 2 aliphatic heterocycles. The molecule has 4 rings (SSSR count). The van der Waals surface area contributed by atoms with Crippen LogP contribution >= 0.6 is 24.0 Å². The van der Waals surface area contributed by atoms with Crippen LogP contribution in [0.2, 0.25) is 0 Å². The topological polar surface area (TPSA) is 46.1 Å². The minimum Gasteiger partial charge on any atom is -0.467 e. The number of halogens is 2. The second-order valence-corrected chi connectivity index (χ2v) is 7.60. The van der Waals surface area contributed by atoms with Crippen LogP contribution in [0.1, 0.15) is 36.8 Å². The normalized spacial score (nSPS) is 24.5. The van der Waals surface area contributed by atoms with Crippen molar-refractivity contribution in [2.24, 2.45) is 16.8 Å². The smallest absolute Gasteiger partial charge is 0.193 e. The Labute approximate surface area is 177 Å². The van der Waals surface area contributed by atoms with Crippen LogP contribution in [0.25, 0.3) is 0 Å². The van der Waals surface area contributed by atoms with Gasteiger partial charge in [-0.25, -0.2) is 4.39 Å². The first-order valence-electron chi connectivity index (χ1n) is 9.72. The van der Waals surface area contributed by atoms with E-state index in [1.165, 1.54) is 31.7 Å². The number of rotatable bonds is 3. The van der Waals surface area contributed by atoms with E-state index in [2.05, 4.69) is 15.2 Å². The monoisotopic (exact) mass is 489 g/mol. The first kappa shape index (κ1) is 20.6. The van der Waals surface area contributed by atoms with Crippen molar-refractivity contribution in [2.75, 3.05) is 33.5 Å². The highest BCUT2D eigenvalue weighted by atomic mass is 127. The summed E-state index contributed by atoms with van der Waals surface area (Å²) >= 11 is 0. The summed E-state index contributed by atoms with van der Waals surface area (Å²) in [6.07, 6.45) is 6.14. The summed E-state index contributed by atoms with van der Waals surface area (Å²) in [6.45, 7) is 3.57. The lowest BCUT2D eigenvalue weighted by Gasteiger charge is -2.23. The molecule has 2 unspecified atom stereocenters. The van der Waals surface area contributed by atoms with E-state index in [4.69, 9.17) is 9.47 Å². The number of nitrogens with one attached hydrogen (secondary N) is 1. The van der Waals surface area contributed by atoms with Crippen molar-refractivity contribution >= 4 is 29.9 Å². The van der Waals surface area contributed by atoms with Gasteiger partial charge in [-0.05, 0) is 48.8 Å². The average Bonchev–Trinajstić information content (AvgIpc) is 3.09. The lowest BCUT2D eigenvalue weighted by Crippen LogP contribution is -2.41. The Morgan fingerprint density at radius 3 is 2.70 bits per heavy atom. The summed E-state index contributed by atoms with van der Waals surface area (Å²) in [5, 5.41) is 3.46. The van der Waals surface area contributed by atoms with Crippen LogP contribution in [0.3, 0.4) is 0 Å².